The SMILES string of the molecule is O=C(NC1CC1)c1noc([C@H]2CCCN2CCc2ccccc2F)n1. The number of amides is 1. The number of nitrogens with zero attached hydrogens (tertiary/aromatic N) is 3. The highest BCUT2D eigenvalue weighted by Crippen LogP contribution is 2.31. The number of aromatic nitrogens is 2. The van der Waals surface area contributed by atoms with Crippen molar-refractivity contribution in [3.8, 4) is 0 Å². The normalized spacial score (nSPS) is 20.8. The Hall–Kier alpha value is -2.28. The van der Waals surface area contributed by atoms with Gasteiger partial charge in [0.2, 0.25) is 5.89 Å². The van der Waals surface area contributed by atoms with Crippen LogP contribution in [0.2, 0.25) is 0 Å². The molecule has 1 aliphatic carbocycles. The van der Waals surface area contributed by atoms with Gasteiger partial charge in [0.25, 0.3) is 11.7 Å². The fraction of sp³-hybridized carbons (Fsp3) is 0.500. The molecule has 0 unspecified atom stereocenters. The zero-order valence-electron chi connectivity index (χ0n) is 13.9. The van der Waals surface area contributed by atoms with E-state index in [2.05, 4.69) is 20.4 Å². The molecule has 1 N–H and O–H groups in total. The molecule has 1 atom stereocenters. The monoisotopic (exact) mass is 344 g/mol. The Morgan fingerprint density at radius 3 is 2.96 bits per heavy atom. The summed E-state index contributed by atoms with van der Waals surface area (Å²) in [4.78, 5) is 18.5. The molecule has 1 saturated carbocycles. The Morgan fingerprint density at radius 1 is 1.32 bits per heavy atom. The van der Waals surface area contributed by atoms with Gasteiger partial charge in [-0.1, -0.05) is 23.4 Å². The lowest BCUT2D eigenvalue weighted by Gasteiger charge is -2.21. The molecule has 2 heterocycles. The number of rotatable bonds is 6. The molecule has 1 aromatic heterocycles. The van der Waals surface area contributed by atoms with E-state index in [0.717, 1.165) is 38.8 Å². The second-order valence-electron chi connectivity index (χ2n) is 6.74. The van der Waals surface area contributed by atoms with E-state index < -0.39 is 0 Å². The van der Waals surface area contributed by atoms with E-state index in [4.69, 9.17) is 4.52 Å². The number of benzene rings is 1. The molecule has 0 spiro atoms. The van der Waals surface area contributed by atoms with Gasteiger partial charge in [-0.15, -0.1) is 0 Å². The zero-order valence-corrected chi connectivity index (χ0v) is 13.9. The van der Waals surface area contributed by atoms with Gasteiger partial charge in [-0.3, -0.25) is 9.69 Å². The fourth-order valence-corrected chi connectivity index (χ4v) is 3.28. The van der Waals surface area contributed by atoms with Crippen LogP contribution in [0.1, 0.15) is 53.8 Å². The lowest BCUT2D eigenvalue weighted by Crippen LogP contribution is -2.27. The van der Waals surface area contributed by atoms with Gasteiger partial charge in [-0.05, 0) is 50.3 Å². The molecule has 2 aromatic rings. The van der Waals surface area contributed by atoms with Crippen LogP contribution in [0.3, 0.4) is 0 Å². The minimum atomic E-state index is -0.270. The molecule has 4 rings (SSSR count). The Morgan fingerprint density at radius 2 is 2.16 bits per heavy atom. The standard InChI is InChI=1S/C18H21FN4O2/c19-14-5-2-1-4-12(14)9-11-23-10-3-6-15(23)18-21-16(22-25-18)17(24)20-13-7-8-13/h1-2,4-5,13,15H,3,6-11H2,(H,20,24)/t15-/m1/s1. The first kappa shape index (κ1) is 16.2. The summed E-state index contributed by atoms with van der Waals surface area (Å²) in [5.74, 6) is 0.137. The van der Waals surface area contributed by atoms with E-state index in [1.54, 1.807) is 6.07 Å². The van der Waals surface area contributed by atoms with Crippen LogP contribution in [-0.4, -0.2) is 40.1 Å². The van der Waals surface area contributed by atoms with Gasteiger partial charge in [0.1, 0.15) is 5.82 Å². The molecule has 0 bridgehead atoms. The van der Waals surface area contributed by atoms with Crippen molar-refractivity contribution in [3.05, 3.63) is 47.4 Å². The van der Waals surface area contributed by atoms with Crippen LogP contribution in [0, 0.1) is 5.82 Å². The van der Waals surface area contributed by atoms with Crippen LogP contribution in [0.25, 0.3) is 0 Å². The highest BCUT2D eigenvalue weighted by Gasteiger charge is 2.32. The van der Waals surface area contributed by atoms with E-state index in [1.807, 2.05) is 12.1 Å². The molecule has 25 heavy (non-hydrogen) atoms. The third-order valence-electron chi connectivity index (χ3n) is 4.83. The summed E-state index contributed by atoms with van der Waals surface area (Å²) in [7, 11) is 0. The van der Waals surface area contributed by atoms with Crippen LogP contribution in [0.5, 0.6) is 0 Å². The summed E-state index contributed by atoms with van der Waals surface area (Å²) < 4.78 is 19.1. The first-order chi connectivity index (χ1) is 12.2. The van der Waals surface area contributed by atoms with E-state index >= 15 is 0 Å². The number of carbonyl (C=O) groups excluding carboxylic acids is 1. The lowest BCUT2D eigenvalue weighted by atomic mass is 10.1. The highest BCUT2D eigenvalue weighted by molar-refractivity contribution is 5.90. The molecule has 132 valence electrons. The quantitative estimate of drug-likeness (QED) is 0.872. The van der Waals surface area contributed by atoms with Crippen molar-refractivity contribution in [1.29, 1.82) is 0 Å². The van der Waals surface area contributed by atoms with Gasteiger partial charge in [-0.2, -0.15) is 4.98 Å². The van der Waals surface area contributed by atoms with Crippen LogP contribution >= 0.6 is 0 Å². The molecule has 2 fully saturated rings. The first-order valence-electron chi connectivity index (χ1n) is 8.82. The average Bonchev–Trinajstić information content (AvgIpc) is 3.12. The van der Waals surface area contributed by atoms with Crippen molar-refractivity contribution in [2.24, 2.45) is 0 Å². The van der Waals surface area contributed by atoms with Gasteiger partial charge >= 0.3 is 0 Å². The Labute approximate surface area is 145 Å². The molecule has 2 aliphatic rings. The fourth-order valence-electron chi connectivity index (χ4n) is 3.28. The predicted octanol–water partition coefficient (Wildman–Crippen LogP) is 2.48. The molecule has 6 nitrogen and oxygen atoms in total. The highest BCUT2D eigenvalue weighted by atomic mass is 19.1. The maximum absolute atomic E-state index is 13.8. The molecule has 1 aromatic carbocycles. The van der Waals surface area contributed by atoms with Crippen molar-refractivity contribution in [2.45, 2.75) is 44.2 Å². The van der Waals surface area contributed by atoms with Gasteiger partial charge < -0.3 is 9.84 Å². The van der Waals surface area contributed by atoms with Crippen LogP contribution in [-0.2, 0) is 6.42 Å². The molecule has 7 heteroatoms. The zero-order chi connectivity index (χ0) is 17.2. The summed E-state index contributed by atoms with van der Waals surface area (Å²) >= 11 is 0. The summed E-state index contributed by atoms with van der Waals surface area (Å²) in [6.45, 7) is 1.63. The number of halogens is 1. The Bertz CT molecular complexity index is 759. The number of likely N-dealkylation sites (tertiary alicyclic amines) is 1. The van der Waals surface area contributed by atoms with Crippen LogP contribution in [0.15, 0.2) is 28.8 Å². The number of hydrogen-bond donors (Lipinski definition) is 1. The minimum absolute atomic E-state index is 0.00162. The van der Waals surface area contributed by atoms with E-state index in [0.29, 0.717) is 17.9 Å². The van der Waals surface area contributed by atoms with Gasteiger partial charge in [0.15, 0.2) is 0 Å². The maximum atomic E-state index is 13.8. The van der Waals surface area contributed by atoms with Crippen LogP contribution in [0.4, 0.5) is 4.39 Å². The minimum Gasteiger partial charge on any atom is -0.346 e. The summed E-state index contributed by atoms with van der Waals surface area (Å²) in [5, 5.41) is 6.68. The number of hydrogen-bond acceptors (Lipinski definition) is 5. The number of carbonyl (C=O) groups is 1. The molecular weight excluding hydrogens is 323 g/mol. The molecule has 1 aliphatic heterocycles. The smallest absolute Gasteiger partial charge is 0.292 e. The van der Waals surface area contributed by atoms with Crippen molar-refractivity contribution < 1.29 is 13.7 Å². The van der Waals surface area contributed by atoms with Crippen molar-refractivity contribution in [2.75, 3.05) is 13.1 Å². The second-order valence-corrected chi connectivity index (χ2v) is 6.74. The summed E-state index contributed by atoms with van der Waals surface area (Å²) in [5.41, 5.74) is 0.711. The van der Waals surface area contributed by atoms with Crippen molar-refractivity contribution in [3.63, 3.8) is 0 Å². The topological polar surface area (TPSA) is 71.3 Å². The van der Waals surface area contributed by atoms with Gasteiger partial charge in [0, 0.05) is 12.6 Å². The molecular formula is C18H21FN4O2. The second kappa shape index (κ2) is 6.92. The Balaban J connectivity index is 1.40. The van der Waals surface area contributed by atoms with E-state index in [-0.39, 0.29) is 29.6 Å². The third kappa shape index (κ3) is 3.71. The number of nitrogens with one attached hydrogen (secondary N) is 1. The summed E-state index contributed by atoms with van der Waals surface area (Å²) in [6.07, 6.45) is 4.59. The third-order valence-corrected chi connectivity index (χ3v) is 4.83. The average molecular weight is 344 g/mol. The maximum Gasteiger partial charge on any atom is 0.292 e. The van der Waals surface area contributed by atoms with E-state index in [1.165, 1.54) is 6.07 Å². The van der Waals surface area contributed by atoms with E-state index in [9.17, 15) is 9.18 Å². The Kier molecular flexibility index (Phi) is 4.48. The molecule has 0 radical (unpaired) electrons. The lowest BCUT2D eigenvalue weighted by molar-refractivity contribution is 0.0937. The van der Waals surface area contributed by atoms with Gasteiger partial charge in [0.05, 0.1) is 6.04 Å². The summed E-state index contributed by atoms with van der Waals surface area (Å²) in [6, 6.07) is 7.11. The first-order valence-corrected chi connectivity index (χ1v) is 8.82. The molecule has 1 amide bonds. The largest absolute Gasteiger partial charge is 0.346 e. The van der Waals surface area contributed by atoms with Gasteiger partial charge in [-0.25, -0.2) is 4.39 Å². The predicted molar refractivity (Wildman–Crippen MR) is 88.4 cm³/mol. The molecule has 1 saturated heterocycles. The van der Waals surface area contributed by atoms with Crippen molar-refractivity contribution >= 4 is 5.91 Å². The van der Waals surface area contributed by atoms with Crippen LogP contribution < -0.4 is 5.32 Å². The van der Waals surface area contributed by atoms with Crippen molar-refractivity contribution in [1.82, 2.24) is 20.4 Å².